The van der Waals surface area contributed by atoms with Crippen molar-refractivity contribution in [2.45, 2.75) is 58.5 Å². The molecule has 1 aliphatic carbocycles. The van der Waals surface area contributed by atoms with Crippen molar-refractivity contribution in [1.29, 1.82) is 0 Å². The van der Waals surface area contributed by atoms with E-state index in [-0.39, 0.29) is 30.2 Å². The van der Waals surface area contributed by atoms with E-state index in [4.69, 9.17) is 0 Å². The Labute approximate surface area is 150 Å². The van der Waals surface area contributed by atoms with E-state index in [1.165, 1.54) is 6.42 Å². The van der Waals surface area contributed by atoms with E-state index in [1.807, 2.05) is 13.8 Å². The molecule has 0 heterocycles. The maximum absolute atomic E-state index is 12.3. The standard InChI is InChI=1S/C20H30N2O3/c1-3-14(2)18(23)13-21-19(24)16-10-7-11-17(12-16)22-20(25)15-8-5-4-6-9-15/h7,10-12,14-15,18,23H,3-6,8-9,13H2,1-2H3,(H,21,24)(H,22,25). The van der Waals surface area contributed by atoms with Crippen LogP contribution < -0.4 is 10.6 Å². The van der Waals surface area contributed by atoms with E-state index in [0.717, 1.165) is 32.1 Å². The van der Waals surface area contributed by atoms with Crippen LogP contribution in [-0.4, -0.2) is 29.6 Å². The van der Waals surface area contributed by atoms with Crippen LogP contribution in [0.3, 0.4) is 0 Å². The van der Waals surface area contributed by atoms with Crippen molar-refractivity contribution in [1.82, 2.24) is 5.32 Å². The van der Waals surface area contributed by atoms with Crippen LogP contribution in [0.2, 0.25) is 0 Å². The van der Waals surface area contributed by atoms with E-state index in [2.05, 4.69) is 10.6 Å². The molecule has 0 aromatic heterocycles. The quantitative estimate of drug-likeness (QED) is 0.708. The highest BCUT2D eigenvalue weighted by atomic mass is 16.3. The van der Waals surface area contributed by atoms with E-state index in [0.29, 0.717) is 11.3 Å². The molecule has 2 atom stereocenters. The monoisotopic (exact) mass is 346 g/mol. The maximum Gasteiger partial charge on any atom is 0.251 e. The number of hydrogen-bond acceptors (Lipinski definition) is 3. The van der Waals surface area contributed by atoms with Gasteiger partial charge in [0.1, 0.15) is 0 Å². The smallest absolute Gasteiger partial charge is 0.251 e. The van der Waals surface area contributed by atoms with Gasteiger partial charge in [0.2, 0.25) is 5.91 Å². The van der Waals surface area contributed by atoms with Gasteiger partial charge in [0.15, 0.2) is 0 Å². The van der Waals surface area contributed by atoms with Crippen LogP contribution in [0.1, 0.15) is 62.7 Å². The first kappa shape index (κ1) is 19.4. The average Bonchev–Trinajstić information content (AvgIpc) is 2.66. The van der Waals surface area contributed by atoms with Crippen LogP contribution in [0.25, 0.3) is 0 Å². The third-order valence-electron chi connectivity index (χ3n) is 5.14. The molecule has 5 heteroatoms. The highest BCUT2D eigenvalue weighted by molar-refractivity contribution is 5.97. The Kier molecular flexibility index (Phi) is 7.44. The molecule has 0 radical (unpaired) electrons. The lowest BCUT2D eigenvalue weighted by Gasteiger charge is -2.21. The summed E-state index contributed by atoms with van der Waals surface area (Å²) in [5.41, 5.74) is 1.13. The number of nitrogens with one attached hydrogen (secondary N) is 2. The first-order chi connectivity index (χ1) is 12.0. The van der Waals surface area contributed by atoms with Gasteiger partial charge in [-0.3, -0.25) is 9.59 Å². The summed E-state index contributed by atoms with van der Waals surface area (Å²) < 4.78 is 0. The fourth-order valence-electron chi connectivity index (χ4n) is 3.12. The molecule has 0 aliphatic heterocycles. The van der Waals surface area contributed by atoms with Crippen LogP contribution in [0.5, 0.6) is 0 Å². The minimum Gasteiger partial charge on any atom is -0.391 e. The Morgan fingerprint density at radius 2 is 1.96 bits per heavy atom. The van der Waals surface area contributed by atoms with Crippen LogP contribution >= 0.6 is 0 Å². The Bertz CT molecular complexity index is 582. The Hall–Kier alpha value is -1.88. The van der Waals surface area contributed by atoms with E-state index < -0.39 is 6.10 Å². The first-order valence-electron chi connectivity index (χ1n) is 9.38. The maximum atomic E-state index is 12.3. The van der Waals surface area contributed by atoms with Crippen molar-refractivity contribution in [3.63, 3.8) is 0 Å². The molecule has 1 aliphatic rings. The number of rotatable bonds is 7. The second-order valence-corrected chi connectivity index (χ2v) is 7.07. The molecule has 2 amide bonds. The molecular weight excluding hydrogens is 316 g/mol. The highest BCUT2D eigenvalue weighted by Crippen LogP contribution is 2.25. The Morgan fingerprint density at radius 3 is 2.64 bits per heavy atom. The third kappa shape index (κ3) is 5.85. The summed E-state index contributed by atoms with van der Waals surface area (Å²) in [5, 5.41) is 15.6. The summed E-state index contributed by atoms with van der Waals surface area (Å²) in [6.07, 6.45) is 5.63. The van der Waals surface area contributed by atoms with Gasteiger partial charge >= 0.3 is 0 Å². The largest absolute Gasteiger partial charge is 0.391 e. The Morgan fingerprint density at radius 1 is 1.24 bits per heavy atom. The molecule has 0 saturated heterocycles. The summed E-state index contributed by atoms with van der Waals surface area (Å²) >= 11 is 0. The van der Waals surface area contributed by atoms with Gasteiger partial charge in [-0.15, -0.1) is 0 Å². The molecule has 1 aromatic rings. The zero-order chi connectivity index (χ0) is 18.2. The number of hydrogen-bond donors (Lipinski definition) is 3. The predicted molar refractivity (Wildman–Crippen MR) is 99.4 cm³/mol. The summed E-state index contributed by atoms with van der Waals surface area (Å²) in [5.74, 6) is 0.0268. The summed E-state index contributed by atoms with van der Waals surface area (Å²) in [7, 11) is 0. The van der Waals surface area contributed by atoms with Gasteiger partial charge in [-0.05, 0) is 37.0 Å². The Balaban J connectivity index is 1.91. The van der Waals surface area contributed by atoms with Crippen LogP contribution in [0.4, 0.5) is 5.69 Å². The van der Waals surface area contributed by atoms with Crippen molar-refractivity contribution in [3.05, 3.63) is 29.8 Å². The van der Waals surface area contributed by atoms with Crippen molar-refractivity contribution < 1.29 is 14.7 Å². The predicted octanol–water partition coefficient (Wildman–Crippen LogP) is 3.34. The minimum atomic E-state index is -0.553. The molecular formula is C20H30N2O3. The van der Waals surface area contributed by atoms with Gasteiger partial charge in [0.25, 0.3) is 5.91 Å². The molecule has 2 unspecified atom stereocenters. The van der Waals surface area contributed by atoms with Gasteiger partial charge in [-0.25, -0.2) is 0 Å². The molecule has 25 heavy (non-hydrogen) atoms. The fourth-order valence-corrected chi connectivity index (χ4v) is 3.12. The number of amides is 2. The number of carbonyl (C=O) groups is 2. The van der Waals surface area contributed by atoms with Gasteiger partial charge in [0.05, 0.1) is 6.10 Å². The highest BCUT2D eigenvalue weighted by Gasteiger charge is 2.21. The number of anilines is 1. The minimum absolute atomic E-state index is 0.0458. The number of aliphatic hydroxyl groups excluding tert-OH is 1. The normalized spacial score (nSPS) is 17.6. The topological polar surface area (TPSA) is 78.4 Å². The van der Waals surface area contributed by atoms with E-state index in [9.17, 15) is 14.7 Å². The zero-order valence-corrected chi connectivity index (χ0v) is 15.3. The second-order valence-electron chi connectivity index (χ2n) is 7.07. The number of carbonyl (C=O) groups excluding carboxylic acids is 2. The third-order valence-corrected chi connectivity index (χ3v) is 5.14. The summed E-state index contributed by atoms with van der Waals surface area (Å²) in [6.45, 7) is 4.19. The molecule has 2 rings (SSSR count). The molecule has 138 valence electrons. The molecule has 0 spiro atoms. The second kappa shape index (κ2) is 9.56. The summed E-state index contributed by atoms with van der Waals surface area (Å²) in [6, 6.07) is 6.95. The first-order valence-corrected chi connectivity index (χ1v) is 9.38. The van der Waals surface area contributed by atoms with Gasteiger partial charge in [-0.1, -0.05) is 45.6 Å². The number of aliphatic hydroxyl groups is 1. The molecule has 1 aromatic carbocycles. The lowest BCUT2D eigenvalue weighted by Crippen LogP contribution is -2.35. The number of benzene rings is 1. The van der Waals surface area contributed by atoms with Crippen LogP contribution in [0.15, 0.2) is 24.3 Å². The van der Waals surface area contributed by atoms with Crippen molar-refractivity contribution in [3.8, 4) is 0 Å². The summed E-state index contributed by atoms with van der Waals surface area (Å²) in [4.78, 5) is 24.6. The van der Waals surface area contributed by atoms with Crippen molar-refractivity contribution in [2.24, 2.45) is 11.8 Å². The molecule has 5 nitrogen and oxygen atoms in total. The van der Waals surface area contributed by atoms with Crippen LogP contribution in [-0.2, 0) is 4.79 Å². The SMILES string of the molecule is CCC(C)C(O)CNC(=O)c1cccc(NC(=O)C2CCCCC2)c1. The lowest BCUT2D eigenvalue weighted by atomic mass is 9.88. The van der Waals surface area contributed by atoms with Crippen molar-refractivity contribution >= 4 is 17.5 Å². The molecule has 0 bridgehead atoms. The van der Waals surface area contributed by atoms with Crippen molar-refractivity contribution in [2.75, 3.05) is 11.9 Å². The van der Waals surface area contributed by atoms with Gasteiger partial charge in [-0.2, -0.15) is 0 Å². The molecule has 1 saturated carbocycles. The van der Waals surface area contributed by atoms with E-state index >= 15 is 0 Å². The average molecular weight is 346 g/mol. The molecule has 3 N–H and O–H groups in total. The molecule has 1 fully saturated rings. The van der Waals surface area contributed by atoms with Gasteiger partial charge < -0.3 is 15.7 Å². The fraction of sp³-hybridized carbons (Fsp3) is 0.600. The zero-order valence-electron chi connectivity index (χ0n) is 15.3. The van der Waals surface area contributed by atoms with Crippen LogP contribution in [0, 0.1) is 11.8 Å². The van der Waals surface area contributed by atoms with E-state index in [1.54, 1.807) is 24.3 Å². The lowest BCUT2D eigenvalue weighted by molar-refractivity contribution is -0.120. The van der Waals surface area contributed by atoms with Gasteiger partial charge in [0, 0.05) is 23.7 Å².